The van der Waals surface area contributed by atoms with E-state index in [1.165, 1.54) is 45.3 Å². The SMILES string of the molecule is COc1ccc(CN2Cn3ncnc3-c3c2sc2c3CCN(CCCSC)C2)cc1. The Morgan fingerprint density at radius 1 is 1.23 bits per heavy atom. The molecule has 1 aromatic carbocycles. The van der Waals surface area contributed by atoms with Crippen LogP contribution in [0.3, 0.4) is 0 Å². The lowest BCUT2D eigenvalue weighted by Gasteiger charge is -2.30. The lowest BCUT2D eigenvalue weighted by Crippen LogP contribution is -2.32. The number of thiophene rings is 1. The Morgan fingerprint density at radius 3 is 2.90 bits per heavy atom. The third-order valence-corrected chi connectivity index (χ3v) is 7.88. The van der Waals surface area contributed by atoms with E-state index in [2.05, 4.69) is 38.3 Å². The van der Waals surface area contributed by atoms with Crippen molar-refractivity contribution in [3.05, 3.63) is 46.6 Å². The zero-order valence-electron chi connectivity index (χ0n) is 17.5. The van der Waals surface area contributed by atoms with Gasteiger partial charge in [0.1, 0.15) is 23.7 Å². The fourth-order valence-electron chi connectivity index (χ4n) is 4.38. The van der Waals surface area contributed by atoms with Gasteiger partial charge in [-0.1, -0.05) is 12.1 Å². The first-order chi connectivity index (χ1) is 14.8. The summed E-state index contributed by atoms with van der Waals surface area (Å²) in [4.78, 5) is 11.2. The molecular weight excluding hydrogens is 414 g/mol. The molecule has 2 aromatic heterocycles. The molecule has 0 saturated carbocycles. The summed E-state index contributed by atoms with van der Waals surface area (Å²) in [5.41, 5.74) is 4.08. The Morgan fingerprint density at radius 2 is 2.10 bits per heavy atom. The van der Waals surface area contributed by atoms with Gasteiger partial charge in [0.25, 0.3) is 0 Å². The van der Waals surface area contributed by atoms with E-state index in [0.29, 0.717) is 0 Å². The van der Waals surface area contributed by atoms with E-state index in [4.69, 9.17) is 4.74 Å². The molecule has 0 bridgehead atoms. The molecule has 0 fully saturated rings. The fourth-order valence-corrected chi connectivity index (χ4v) is 6.17. The van der Waals surface area contributed by atoms with Gasteiger partial charge in [-0.2, -0.15) is 16.9 Å². The van der Waals surface area contributed by atoms with Gasteiger partial charge in [0.15, 0.2) is 5.82 Å². The summed E-state index contributed by atoms with van der Waals surface area (Å²) in [6, 6.07) is 8.37. The van der Waals surface area contributed by atoms with Gasteiger partial charge in [0, 0.05) is 24.5 Å². The molecular formula is C22H27N5OS2. The summed E-state index contributed by atoms with van der Waals surface area (Å²) in [6.07, 6.45) is 6.25. The number of benzene rings is 1. The summed E-state index contributed by atoms with van der Waals surface area (Å²) < 4.78 is 7.36. The first kappa shape index (κ1) is 19.9. The smallest absolute Gasteiger partial charge is 0.163 e. The molecule has 30 heavy (non-hydrogen) atoms. The number of rotatable bonds is 7. The second-order valence-electron chi connectivity index (χ2n) is 7.83. The maximum Gasteiger partial charge on any atom is 0.163 e. The van der Waals surface area contributed by atoms with E-state index in [1.54, 1.807) is 13.4 Å². The number of hydrogen-bond acceptors (Lipinski definition) is 7. The summed E-state index contributed by atoms with van der Waals surface area (Å²) >= 11 is 3.89. The molecule has 8 heteroatoms. The Labute approximate surface area is 185 Å². The van der Waals surface area contributed by atoms with Crippen molar-refractivity contribution in [1.82, 2.24) is 19.7 Å². The number of methoxy groups -OCH3 is 1. The van der Waals surface area contributed by atoms with E-state index in [9.17, 15) is 0 Å². The largest absolute Gasteiger partial charge is 0.497 e. The zero-order valence-corrected chi connectivity index (χ0v) is 19.1. The maximum atomic E-state index is 5.31. The van der Waals surface area contributed by atoms with Gasteiger partial charge >= 0.3 is 0 Å². The van der Waals surface area contributed by atoms with Gasteiger partial charge < -0.3 is 9.64 Å². The van der Waals surface area contributed by atoms with Crippen LogP contribution in [-0.4, -0.2) is 51.9 Å². The zero-order chi connectivity index (χ0) is 20.5. The highest BCUT2D eigenvalue weighted by Gasteiger charge is 2.33. The maximum absolute atomic E-state index is 5.31. The second kappa shape index (κ2) is 8.61. The minimum atomic E-state index is 0.741. The van der Waals surface area contributed by atoms with E-state index in [0.717, 1.165) is 44.3 Å². The van der Waals surface area contributed by atoms with Crippen LogP contribution in [0.25, 0.3) is 11.4 Å². The number of aromatic nitrogens is 3. The van der Waals surface area contributed by atoms with Crippen molar-refractivity contribution in [3.63, 3.8) is 0 Å². The van der Waals surface area contributed by atoms with Crippen LogP contribution in [0.4, 0.5) is 5.00 Å². The van der Waals surface area contributed by atoms with Crippen LogP contribution < -0.4 is 9.64 Å². The molecule has 3 aromatic rings. The van der Waals surface area contributed by atoms with Gasteiger partial charge in [0.2, 0.25) is 0 Å². The second-order valence-corrected chi connectivity index (χ2v) is 9.90. The highest BCUT2D eigenvalue weighted by atomic mass is 32.2. The number of anilines is 1. The molecule has 158 valence electrons. The molecule has 0 spiro atoms. The van der Waals surface area contributed by atoms with Crippen LogP contribution in [0.2, 0.25) is 0 Å². The standard InChI is InChI=1S/C22H27N5OS2/c1-28-17-6-4-16(5-7-17)12-26-15-27-21(23-14-24-27)20-18-8-10-25(9-3-11-29-2)13-19(18)30-22(20)26/h4-7,14H,3,8-13,15H2,1-2H3. The van der Waals surface area contributed by atoms with Gasteiger partial charge in [0.05, 0.1) is 12.7 Å². The lowest BCUT2D eigenvalue weighted by molar-refractivity contribution is 0.259. The molecule has 6 nitrogen and oxygen atoms in total. The van der Waals surface area contributed by atoms with Crippen molar-refractivity contribution in [1.29, 1.82) is 0 Å². The van der Waals surface area contributed by atoms with Crippen molar-refractivity contribution < 1.29 is 4.74 Å². The normalized spacial score (nSPS) is 15.6. The first-order valence-corrected chi connectivity index (χ1v) is 12.6. The average Bonchev–Trinajstić information content (AvgIpc) is 3.38. The van der Waals surface area contributed by atoms with Crippen LogP contribution in [0.15, 0.2) is 30.6 Å². The molecule has 0 aliphatic carbocycles. The summed E-state index contributed by atoms with van der Waals surface area (Å²) in [7, 11) is 1.71. The predicted molar refractivity (Wildman–Crippen MR) is 124 cm³/mol. The molecule has 4 heterocycles. The number of ether oxygens (including phenoxy) is 1. The van der Waals surface area contributed by atoms with Crippen LogP contribution in [-0.2, 0) is 26.2 Å². The molecule has 0 unspecified atom stereocenters. The highest BCUT2D eigenvalue weighted by Crippen LogP contribution is 2.47. The Balaban J connectivity index is 1.43. The van der Waals surface area contributed by atoms with Gasteiger partial charge in [-0.25, -0.2) is 9.67 Å². The molecule has 0 atom stereocenters. The molecule has 2 aliphatic rings. The molecule has 0 radical (unpaired) electrons. The minimum Gasteiger partial charge on any atom is -0.497 e. The Hall–Kier alpha value is -2.03. The molecule has 0 amide bonds. The third kappa shape index (κ3) is 3.72. The topological polar surface area (TPSA) is 46.4 Å². The van der Waals surface area contributed by atoms with Crippen LogP contribution in [0.1, 0.15) is 22.4 Å². The van der Waals surface area contributed by atoms with E-state index >= 15 is 0 Å². The van der Waals surface area contributed by atoms with Gasteiger partial charge in [-0.05, 0) is 54.7 Å². The van der Waals surface area contributed by atoms with Crippen molar-refractivity contribution in [2.45, 2.75) is 32.6 Å². The average molecular weight is 442 g/mol. The summed E-state index contributed by atoms with van der Waals surface area (Å²) in [6.45, 7) is 4.98. The monoisotopic (exact) mass is 441 g/mol. The predicted octanol–water partition coefficient (Wildman–Crippen LogP) is 4.10. The molecule has 2 aliphatic heterocycles. The van der Waals surface area contributed by atoms with E-state index in [-0.39, 0.29) is 0 Å². The minimum absolute atomic E-state index is 0.741. The van der Waals surface area contributed by atoms with Crippen molar-refractivity contribution in [2.75, 3.05) is 37.1 Å². The summed E-state index contributed by atoms with van der Waals surface area (Å²) in [5.74, 6) is 3.16. The Bertz CT molecular complexity index is 1010. The first-order valence-electron chi connectivity index (χ1n) is 10.4. The lowest BCUT2D eigenvalue weighted by atomic mass is 10.0. The molecule has 0 N–H and O–H groups in total. The number of nitrogens with zero attached hydrogens (tertiary/aromatic N) is 5. The van der Waals surface area contributed by atoms with E-state index in [1.807, 2.05) is 39.9 Å². The quantitative estimate of drug-likeness (QED) is 0.515. The number of thioether (sulfide) groups is 1. The van der Waals surface area contributed by atoms with E-state index < -0.39 is 0 Å². The Kier molecular flexibility index (Phi) is 5.71. The number of hydrogen-bond donors (Lipinski definition) is 0. The van der Waals surface area contributed by atoms with Crippen molar-refractivity contribution in [3.8, 4) is 17.1 Å². The van der Waals surface area contributed by atoms with Crippen molar-refractivity contribution >= 4 is 28.1 Å². The van der Waals surface area contributed by atoms with Crippen molar-refractivity contribution in [2.24, 2.45) is 0 Å². The fraction of sp³-hybridized carbons (Fsp3) is 0.455. The van der Waals surface area contributed by atoms with Gasteiger partial charge in [-0.3, -0.25) is 4.90 Å². The summed E-state index contributed by atoms with van der Waals surface area (Å²) in [5, 5.41) is 5.85. The third-order valence-electron chi connectivity index (χ3n) is 5.90. The molecule has 5 rings (SSSR count). The van der Waals surface area contributed by atoms with Crippen LogP contribution in [0, 0.1) is 0 Å². The molecule has 0 saturated heterocycles. The van der Waals surface area contributed by atoms with Crippen LogP contribution in [0.5, 0.6) is 5.75 Å². The highest BCUT2D eigenvalue weighted by molar-refractivity contribution is 7.98. The van der Waals surface area contributed by atoms with Crippen LogP contribution >= 0.6 is 23.1 Å². The number of fused-ring (bicyclic) bond motifs is 5. The van der Waals surface area contributed by atoms with Gasteiger partial charge in [-0.15, -0.1) is 11.3 Å².